The highest BCUT2D eigenvalue weighted by Gasteiger charge is 2.15. The normalized spacial score (nSPS) is 16.2. The molecule has 0 unspecified atom stereocenters. The highest BCUT2D eigenvalue weighted by atomic mass is 35.5. The lowest BCUT2D eigenvalue weighted by Gasteiger charge is -2.28. The zero-order valence-corrected chi connectivity index (χ0v) is 9.31. The van der Waals surface area contributed by atoms with Crippen LogP contribution in [0.5, 0.6) is 0 Å². The molecule has 0 atom stereocenters. The van der Waals surface area contributed by atoms with Gasteiger partial charge in [0.2, 0.25) is 0 Å². The van der Waals surface area contributed by atoms with Crippen LogP contribution in [0.15, 0.2) is 18.2 Å². The standard InChI is InChI=1S/C10H11ClN2O3/c11-8-5-9(7-10(6-8)13(14)15)12-1-3-16-4-2-12/h5-7H,1-4H2. The summed E-state index contributed by atoms with van der Waals surface area (Å²) in [6.07, 6.45) is 0. The summed E-state index contributed by atoms with van der Waals surface area (Å²) in [6.45, 7) is 2.75. The molecule has 16 heavy (non-hydrogen) atoms. The van der Waals surface area contributed by atoms with Gasteiger partial charge in [0.05, 0.1) is 18.1 Å². The predicted molar refractivity (Wildman–Crippen MR) is 61.1 cm³/mol. The summed E-state index contributed by atoms with van der Waals surface area (Å²) in [4.78, 5) is 12.3. The molecule has 1 fully saturated rings. The summed E-state index contributed by atoms with van der Waals surface area (Å²) in [6, 6.07) is 4.63. The van der Waals surface area contributed by atoms with E-state index in [0.717, 1.165) is 18.8 Å². The zero-order chi connectivity index (χ0) is 11.5. The number of nitrogens with zero attached hydrogens (tertiary/aromatic N) is 2. The van der Waals surface area contributed by atoms with E-state index in [1.807, 2.05) is 4.90 Å². The SMILES string of the molecule is O=[N+]([O-])c1cc(Cl)cc(N2CCOCC2)c1. The predicted octanol–water partition coefficient (Wildman–Crippen LogP) is 2.08. The second-order valence-electron chi connectivity index (χ2n) is 3.52. The minimum absolute atomic E-state index is 0.0222. The molecule has 0 amide bonds. The van der Waals surface area contributed by atoms with Gasteiger partial charge >= 0.3 is 0 Å². The Balaban J connectivity index is 2.28. The third-order valence-corrected chi connectivity index (χ3v) is 2.67. The molecule has 1 saturated heterocycles. The largest absolute Gasteiger partial charge is 0.378 e. The van der Waals surface area contributed by atoms with E-state index in [1.54, 1.807) is 6.07 Å². The molecule has 0 aromatic heterocycles. The summed E-state index contributed by atoms with van der Waals surface area (Å²) in [7, 11) is 0. The number of hydrogen-bond donors (Lipinski definition) is 0. The molecule has 1 heterocycles. The molecule has 0 bridgehead atoms. The Morgan fingerprint density at radius 1 is 1.31 bits per heavy atom. The maximum Gasteiger partial charge on any atom is 0.272 e. The van der Waals surface area contributed by atoms with Crippen molar-refractivity contribution in [2.24, 2.45) is 0 Å². The Labute approximate surface area is 97.7 Å². The quantitative estimate of drug-likeness (QED) is 0.589. The average molecular weight is 243 g/mol. The van der Waals surface area contributed by atoms with Gasteiger partial charge < -0.3 is 9.64 Å². The van der Waals surface area contributed by atoms with E-state index in [-0.39, 0.29) is 5.69 Å². The number of non-ortho nitro benzene ring substituents is 1. The van der Waals surface area contributed by atoms with Gasteiger partial charge in [-0.1, -0.05) is 11.6 Å². The molecule has 86 valence electrons. The summed E-state index contributed by atoms with van der Waals surface area (Å²) < 4.78 is 5.22. The Kier molecular flexibility index (Phi) is 3.26. The lowest BCUT2D eigenvalue weighted by Crippen LogP contribution is -2.36. The lowest BCUT2D eigenvalue weighted by molar-refractivity contribution is -0.384. The van der Waals surface area contributed by atoms with Crippen LogP contribution in [0, 0.1) is 10.1 Å². The summed E-state index contributed by atoms with van der Waals surface area (Å²) in [5.74, 6) is 0. The molecular formula is C10H11ClN2O3. The zero-order valence-electron chi connectivity index (χ0n) is 8.56. The van der Waals surface area contributed by atoms with Crippen molar-refractivity contribution >= 4 is 23.0 Å². The molecular weight excluding hydrogens is 232 g/mol. The molecule has 6 heteroatoms. The van der Waals surface area contributed by atoms with E-state index < -0.39 is 4.92 Å². The number of benzene rings is 1. The van der Waals surface area contributed by atoms with Gasteiger partial charge in [0.25, 0.3) is 5.69 Å². The van der Waals surface area contributed by atoms with Crippen molar-refractivity contribution in [1.82, 2.24) is 0 Å². The highest BCUT2D eigenvalue weighted by molar-refractivity contribution is 6.31. The number of nitro benzene ring substituents is 1. The van der Waals surface area contributed by atoms with E-state index >= 15 is 0 Å². The van der Waals surface area contributed by atoms with Gasteiger partial charge in [-0.05, 0) is 6.07 Å². The molecule has 1 aliphatic heterocycles. The Morgan fingerprint density at radius 2 is 2.00 bits per heavy atom. The molecule has 2 rings (SSSR count). The van der Waals surface area contributed by atoms with E-state index in [1.165, 1.54) is 12.1 Å². The number of rotatable bonds is 2. The molecule has 5 nitrogen and oxygen atoms in total. The summed E-state index contributed by atoms with van der Waals surface area (Å²) in [5.41, 5.74) is 0.802. The number of ether oxygens (including phenoxy) is 1. The third kappa shape index (κ3) is 2.43. The maximum absolute atomic E-state index is 10.7. The second-order valence-corrected chi connectivity index (χ2v) is 3.96. The van der Waals surface area contributed by atoms with Crippen molar-refractivity contribution in [3.8, 4) is 0 Å². The first kappa shape index (κ1) is 11.2. The first-order valence-electron chi connectivity index (χ1n) is 4.94. The molecule has 1 aliphatic rings. The first-order valence-corrected chi connectivity index (χ1v) is 5.32. The second kappa shape index (κ2) is 4.67. The van der Waals surface area contributed by atoms with Crippen LogP contribution in [-0.2, 0) is 4.74 Å². The number of anilines is 1. The monoisotopic (exact) mass is 242 g/mol. The number of nitro groups is 1. The summed E-state index contributed by atoms with van der Waals surface area (Å²) >= 11 is 5.85. The van der Waals surface area contributed by atoms with Crippen LogP contribution < -0.4 is 4.90 Å². The van der Waals surface area contributed by atoms with Gasteiger partial charge in [-0.3, -0.25) is 10.1 Å². The van der Waals surface area contributed by atoms with Gasteiger partial charge in [0.1, 0.15) is 0 Å². The fourth-order valence-corrected chi connectivity index (χ4v) is 1.89. The number of halogens is 1. The average Bonchev–Trinajstić information content (AvgIpc) is 2.29. The van der Waals surface area contributed by atoms with Crippen LogP contribution in [0.4, 0.5) is 11.4 Å². The van der Waals surface area contributed by atoms with Crippen LogP contribution >= 0.6 is 11.6 Å². The van der Waals surface area contributed by atoms with E-state index in [0.29, 0.717) is 18.2 Å². The van der Waals surface area contributed by atoms with Crippen LogP contribution in [0.2, 0.25) is 5.02 Å². The molecule has 0 radical (unpaired) electrons. The smallest absolute Gasteiger partial charge is 0.272 e. The number of hydrogen-bond acceptors (Lipinski definition) is 4. The van der Waals surface area contributed by atoms with E-state index in [4.69, 9.17) is 16.3 Å². The minimum Gasteiger partial charge on any atom is -0.378 e. The van der Waals surface area contributed by atoms with Crippen molar-refractivity contribution in [2.45, 2.75) is 0 Å². The first-order chi connectivity index (χ1) is 7.66. The van der Waals surface area contributed by atoms with E-state index in [9.17, 15) is 10.1 Å². The van der Waals surface area contributed by atoms with Crippen molar-refractivity contribution in [2.75, 3.05) is 31.2 Å². The molecule has 0 spiro atoms. The highest BCUT2D eigenvalue weighted by Crippen LogP contribution is 2.27. The van der Waals surface area contributed by atoms with Crippen LogP contribution in [-0.4, -0.2) is 31.2 Å². The van der Waals surface area contributed by atoms with Crippen molar-refractivity contribution in [3.63, 3.8) is 0 Å². The number of morpholine rings is 1. The Bertz CT molecular complexity index is 405. The topological polar surface area (TPSA) is 55.6 Å². The van der Waals surface area contributed by atoms with Gasteiger partial charge in [0, 0.05) is 35.9 Å². The van der Waals surface area contributed by atoms with Crippen LogP contribution in [0.25, 0.3) is 0 Å². The van der Waals surface area contributed by atoms with Crippen molar-refractivity contribution in [3.05, 3.63) is 33.3 Å². The molecule has 0 saturated carbocycles. The van der Waals surface area contributed by atoms with Gasteiger partial charge in [0.15, 0.2) is 0 Å². The summed E-state index contributed by atoms with van der Waals surface area (Å²) in [5, 5.41) is 11.1. The van der Waals surface area contributed by atoms with Gasteiger partial charge in [-0.15, -0.1) is 0 Å². The van der Waals surface area contributed by atoms with Crippen molar-refractivity contribution in [1.29, 1.82) is 0 Å². The fraction of sp³-hybridized carbons (Fsp3) is 0.400. The molecule has 1 aromatic carbocycles. The van der Waals surface area contributed by atoms with Crippen LogP contribution in [0.1, 0.15) is 0 Å². The molecule has 1 aromatic rings. The fourth-order valence-electron chi connectivity index (χ4n) is 1.67. The third-order valence-electron chi connectivity index (χ3n) is 2.45. The van der Waals surface area contributed by atoms with E-state index in [2.05, 4.69) is 0 Å². The van der Waals surface area contributed by atoms with Gasteiger partial charge in [-0.25, -0.2) is 0 Å². The van der Waals surface area contributed by atoms with Crippen molar-refractivity contribution < 1.29 is 9.66 Å². The molecule has 0 N–H and O–H groups in total. The Morgan fingerprint density at radius 3 is 2.62 bits per heavy atom. The van der Waals surface area contributed by atoms with Crippen LogP contribution in [0.3, 0.4) is 0 Å². The Hall–Kier alpha value is -1.33. The molecule has 0 aliphatic carbocycles. The maximum atomic E-state index is 10.7. The lowest BCUT2D eigenvalue weighted by atomic mass is 10.2. The van der Waals surface area contributed by atoms with Gasteiger partial charge in [-0.2, -0.15) is 0 Å². The minimum atomic E-state index is -0.435.